The fraction of sp³-hybridized carbons (Fsp3) is 0.421. The number of amides is 2. The molecule has 3 nitrogen and oxygen atoms in total. The van der Waals surface area contributed by atoms with Gasteiger partial charge in [0.2, 0.25) is 0 Å². The number of halogens is 1. The average molecular weight is 329 g/mol. The third-order valence-corrected chi connectivity index (χ3v) is 5.80. The van der Waals surface area contributed by atoms with Crippen LogP contribution in [0.2, 0.25) is 5.02 Å². The van der Waals surface area contributed by atoms with Crippen LogP contribution in [0, 0.1) is 5.41 Å². The zero-order valence-corrected chi connectivity index (χ0v) is 13.9. The van der Waals surface area contributed by atoms with Crippen LogP contribution in [0.4, 0.5) is 10.5 Å². The molecule has 1 aromatic carbocycles. The third kappa shape index (κ3) is 2.67. The second-order valence-electron chi connectivity index (χ2n) is 6.90. The van der Waals surface area contributed by atoms with Crippen molar-refractivity contribution >= 4 is 23.3 Å². The first-order chi connectivity index (χ1) is 11.2. The molecule has 4 heteroatoms. The molecule has 0 radical (unpaired) electrons. The number of benzene rings is 1. The van der Waals surface area contributed by atoms with Gasteiger partial charge >= 0.3 is 6.03 Å². The zero-order chi connectivity index (χ0) is 15.9. The number of nitrogens with zero attached hydrogens (tertiary/aromatic N) is 1. The van der Waals surface area contributed by atoms with Gasteiger partial charge in [-0.05, 0) is 56.4 Å². The lowest BCUT2D eigenvalue weighted by atomic mass is 9.76. The van der Waals surface area contributed by atoms with E-state index in [0.717, 1.165) is 37.9 Å². The Kier molecular flexibility index (Phi) is 3.68. The topological polar surface area (TPSA) is 32.3 Å². The number of rotatable bonds is 2. The maximum Gasteiger partial charge on any atom is 0.322 e. The number of hydrogen-bond donors (Lipinski definition) is 1. The number of urea groups is 1. The van der Waals surface area contributed by atoms with Gasteiger partial charge in [-0.2, -0.15) is 0 Å². The molecule has 2 atom stereocenters. The first-order valence-electron chi connectivity index (χ1n) is 8.36. The molecule has 1 saturated heterocycles. The molecule has 23 heavy (non-hydrogen) atoms. The van der Waals surface area contributed by atoms with Crippen LogP contribution in [0.3, 0.4) is 0 Å². The normalized spacial score (nSPS) is 28.8. The Morgan fingerprint density at radius 3 is 2.87 bits per heavy atom. The third-order valence-electron chi connectivity index (χ3n) is 5.55. The molecule has 4 rings (SSSR count). The van der Waals surface area contributed by atoms with Crippen LogP contribution < -0.4 is 5.32 Å². The van der Waals surface area contributed by atoms with Gasteiger partial charge in [-0.1, -0.05) is 35.4 Å². The summed E-state index contributed by atoms with van der Waals surface area (Å²) in [7, 11) is 0. The number of nitrogens with one attached hydrogen (secondary N) is 1. The number of carbonyl (C=O) groups is 1. The molecule has 1 N–H and O–H groups in total. The SMILES string of the molecule is O=C(Nc1ccc(Cl)cc1)N1CC2(C3=CC=CCC3)CCC1C2. The molecular formula is C19H21ClN2O. The van der Waals surface area contributed by atoms with E-state index in [2.05, 4.69) is 23.5 Å². The van der Waals surface area contributed by atoms with Crippen LogP contribution in [0.15, 0.2) is 48.1 Å². The quantitative estimate of drug-likeness (QED) is 0.813. The number of piperidine rings is 1. The van der Waals surface area contributed by atoms with Gasteiger partial charge in [0, 0.05) is 28.7 Å². The van der Waals surface area contributed by atoms with E-state index in [1.165, 1.54) is 6.42 Å². The van der Waals surface area contributed by atoms with Crippen molar-refractivity contribution in [2.45, 2.75) is 38.1 Å². The Labute approximate surface area is 142 Å². The van der Waals surface area contributed by atoms with Crippen LogP contribution in [0.1, 0.15) is 32.1 Å². The largest absolute Gasteiger partial charge is 0.322 e. The predicted octanol–water partition coefficient (Wildman–Crippen LogP) is 5.00. The van der Waals surface area contributed by atoms with E-state index in [1.807, 2.05) is 17.0 Å². The van der Waals surface area contributed by atoms with Gasteiger partial charge in [0.15, 0.2) is 0 Å². The minimum atomic E-state index is 0.0193. The monoisotopic (exact) mass is 328 g/mol. The van der Waals surface area contributed by atoms with Crippen molar-refractivity contribution in [1.29, 1.82) is 0 Å². The first kappa shape index (κ1) is 14.8. The Morgan fingerprint density at radius 1 is 1.30 bits per heavy atom. The number of fused-ring (bicyclic) bond motifs is 2. The van der Waals surface area contributed by atoms with Crippen molar-refractivity contribution in [1.82, 2.24) is 4.90 Å². The Bertz CT molecular complexity index is 679. The summed E-state index contributed by atoms with van der Waals surface area (Å²) in [5.41, 5.74) is 2.58. The minimum Gasteiger partial charge on any atom is -0.321 e. The first-order valence-corrected chi connectivity index (χ1v) is 8.73. The average Bonchev–Trinajstić information content (AvgIpc) is 3.18. The van der Waals surface area contributed by atoms with Gasteiger partial charge in [0.25, 0.3) is 0 Å². The maximum absolute atomic E-state index is 12.7. The molecule has 2 amide bonds. The maximum atomic E-state index is 12.7. The van der Waals surface area contributed by atoms with Crippen molar-refractivity contribution in [2.75, 3.05) is 11.9 Å². The lowest BCUT2D eigenvalue weighted by Crippen LogP contribution is -2.42. The van der Waals surface area contributed by atoms with Crippen LogP contribution >= 0.6 is 11.6 Å². The van der Waals surface area contributed by atoms with Crippen molar-refractivity contribution in [3.05, 3.63) is 53.1 Å². The molecule has 1 heterocycles. The number of hydrogen-bond acceptors (Lipinski definition) is 1. The summed E-state index contributed by atoms with van der Waals surface area (Å²) in [5.74, 6) is 0. The predicted molar refractivity (Wildman–Crippen MR) is 93.7 cm³/mol. The van der Waals surface area contributed by atoms with Gasteiger partial charge < -0.3 is 10.2 Å². The highest BCUT2D eigenvalue weighted by atomic mass is 35.5. The number of carbonyl (C=O) groups excluding carboxylic acids is 1. The highest BCUT2D eigenvalue weighted by molar-refractivity contribution is 6.30. The number of allylic oxidation sites excluding steroid dienone is 3. The highest BCUT2D eigenvalue weighted by Crippen LogP contribution is 2.53. The van der Waals surface area contributed by atoms with E-state index in [0.29, 0.717) is 11.1 Å². The molecule has 0 spiro atoms. The van der Waals surface area contributed by atoms with Gasteiger partial charge in [-0.25, -0.2) is 4.79 Å². The van der Waals surface area contributed by atoms with Crippen LogP contribution in [0.5, 0.6) is 0 Å². The summed E-state index contributed by atoms with van der Waals surface area (Å²) in [6.07, 6.45) is 12.4. The van der Waals surface area contributed by atoms with E-state index in [1.54, 1.807) is 17.7 Å². The molecule has 120 valence electrons. The number of anilines is 1. The van der Waals surface area contributed by atoms with Gasteiger partial charge in [-0.15, -0.1) is 0 Å². The lowest BCUT2D eigenvalue weighted by Gasteiger charge is -2.35. The van der Waals surface area contributed by atoms with Gasteiger partial charge in [0.05, 0.1) is 0 Å². The molecule has 0 aromatic heterocycles. The minimum absolute atomic E-state index is 0.0193. The lowest BCUT2D eigenvalue weighted by molar-refractivity contribution is 0.183. The summed E-state index contributed by atoms with van der Waals surface area (Å²) in [4.78, 5) is 14.7. The standard InChI is InChI=1S/C19H21ClN2O/c20-15-6-8-16(9-7-15)21-18(23)22-13-19(11-10-17(22)12-19)14-4-2-1-3-5-14/h1-2,4,6-9,17H,3,5,10-13H2,(H,21,23). The molecule has 1 aromatic rings. The fourth-order valence-corrected chi connectivity index (χ4v) is 4.49. The highest BCUT2D eigenvalue weighted by Gasteiger charge is 2.52. The summed E-state index contributed by atoms with van der Waals surface area (Å²) >= 11 is 5.90. The second kappa shape index (κ2) is 5.72. The Balaban J connectivity index is 1.48. The van der Waals surface area contributed by atoms with E-state index in [9.17, 15) is 4.79 Å². The smallest absolute Gasteiger partial charge is 0.321 e. The second-order valence-corrected chi connectivity index (χ2v) is 7.34. The van der Waals surface area contributed by atoms with E-state index in [4.69, 9.17) is 11.6 Å². The molecule has 2 fully saturated rings. The van der Waals surface area contributed by atoms with Crippen LogP contribution in [-0.4, -0.2) is 23.5 Å². The summed E-state index contributed by atoms with van der Waals surface area (Å²) in [6, 6.07) is 7.69. The van der Waals surface area contributed by atoms with E-state index >= 15 is 0 Å². The van der Waals surface area contributed by atoms with E-state index in [-0.39, 0.29) is 11.4 Å². The molecule has 2 bridgehead atoms. The van der Waals surface area contributed by atoms with Crippen LogP contribution in [-0.2, 0) is 0 Å². The molecule has 2 unspecified atom stereocenters. The van der Waals surface area contributed by atoms with Crippen molar-refractivity contribution < 1.29 is 4.79 Å². The molecule has 3 aliphatic rings. The van der Waals surface area contributed by atoms with Gasteiger partial charge in [0.1, 0.15) is 0 Å². The van der Waals surface area contributed by atoms with Crippen LogP contribution in [0.25, 0.3) is 0 Å². The van der Waals surface area contributed by atoms with E-state index < -0.39 is 0 Å². The zero-order valence-electron chi connectivity index (χ0n) is 13.1. The van der Waals surface area contributed by atoms with Crippen molar-refractivity contribution in [2.24, 2.45) is 5.41 Å². The Hall–Kier alpha value is -1.74. The van der Waals surface area contributed by atoms with Gasteiger partial charge in [-0.3, -0.25) is 0 Å². The fourth-order valence-electron chi connectivity index (χ4n) is 4.37. The van der Waals surface area contributed by atoms with Crippen molar-refractivity contribution in [3.63, 3.8) is 0 Å². The molecule has 1 saturated carbocycles. The number of likely N-dealkylation sites (tertiary alicyclic amines) is 1. The summed E-state index contributed by atoms with van der Waals surface area (Å²) < 4.78 is 0. The molecule has 2 aliphatic carbocycles. The molecule has 1 aliphatic heterocycles. The molecular weight excluding hydrogens is 308 g/mol. The summed E-state index contributed by atoms with van der Waals surface area (Å²) in [6.45, 7) is 0.858. The summed E-state index contributed by atoms with van der Waals surface area (Å²) in [5, 5.41) is 3.69. The Morgan fingerprint density at radius 2 is 2.13 bits per heavy atom. The van der Waals surface area contributed by atoms with Crippen molar-refractivity contribution in [3.8, 4) is 0 Å².